The number of nitrogens with zero attached hydrogens (tertiary/aromatic N) is 3. The molecular weight excluding hydrogens is 375 g/mol. The molecule has 1 saturated carbocycles. The van der Waals surface area contributed by atoms with Crippen molar-refractivity contribution in [2.75, 3.05) is 36.0 Å². The number of nitrogens with one attached hydrogen (secondary N) is 1. The minimum absolute atomic E-state index is 0.0561. The van der Waals surface area contributed by atoms with Gasteiger partial charge < -0.3 is 15.1 Å². The fourth-order valence-electron chi connectivity index (χ4n) is 4.04. The summed E-state index contributed by atoms with van der Waals surface area (Å²) in [6, 6.07) is 7.19. The number of thiazole rings is 1. The summed E-state index contributed by atoms with van der Waals surface area (Å²) in [5, 5.41) is 5.89. The summed E-state index contributed by atoms with van der Waals surface area (Å²) in [4.78, 5) is 21.4. The van der Waals surface area contributed by atoms with E-state index in [9.17, 15) is 9.18 Å². The highest BCUT2D eigenvalue weighted by atomic mass is 32.1. The van der Waals surface area contributed by atoms with Crippen LogP contribution in [0.25, 0.3) is 0 Å². The number of aromatic nitrogens is 1. The molecule has 1 aromatic carbocycles. The number of hydrogen-bond donors (Lipinski definition) is 1. The van der Waals surface area contributed by atoms with Crippen LogP contribution in [-0.2, 0) is 0 Å². The Morgan fingerprint density at radius 1 is 1.04 bits per heavy atom. The Hall–Kier alpha value is -2.15. The first-order chi connectivity index (χ1) is 13.7. The number of piperazine rings is 1. The molecule has 1 aromatic heterocycles. The second kappa shape index (κ2) is 8.90. The lowest BCUT2D eigenvalue weighted by Gasteiger charge is -2.36. The predicted molar refractivity (Wildman–Crippen MR) is 112 cm³/mol. The number of carbonyl (C=O) groups excluding carboxylic acids is 1. The van der Waals surface area contributed by atoms with E-state index in [1.807, 2.05) is 17.5 Å². The van der Waals surface area contributed by atoms with Gasteiger partial charge in [0.1, 0.15) is 11.5 Å². The van der Waals surface area contributed by atoms with Gasteiger partial charge in [-0.3, -0.25) is 4.79 Å². The maximum atomic E-state index is 14.0. The number of halogens is 1. The van der Waals surface area contributed by atoms with Crippen molar-refractivity contribution in [2.45, 2.75) is 44.6 Å². The molecule has 1 saturated heterocycles. The van der Waals surface area contributed by atoms with Gasteiger partial charge in [-0.25, -0.2) is 9.37 Å². The molecule has 1 N–H and O–H groups in total. The Kier molecular flexibility index (Phi) is 6.10. The van der Waals surface area contributed by atoms with E-state index >= 15 is 0 Å². The third-order valence-corrected chi connectivity index (χ3v) is 6.56. The number of rotatable bonds is 4. The van der Waals surface area contributed by atoms with E-state index in [2.05, 4.69) is 20.1 Å². The Morgan fingerprint density at radius 2 is 1.71 bits per heavy atom. The van der Waals surface area contributed by atoms with Gasteiger partial charge in [0.15, 0.2) is 5.13 Å². The molecule has 7 heteroatoms. The molecule has 0 radical (unpaired) electrons. The van der Waals surface area contributed by atoms with Crippen LogP contribution in [0.4, 0.5) is 15.2 Å². The van der Waals surface area contributed by atoms with Gasteiger partial charge in [0, 0.05) is 37.6 Å². The van der Waals surface area contributed by atoms with Crippen LogP contribution in [0.3, 0.4) is 0 Å². The minimum atomic E-state index is -0.178. The summed E-state index contributed by atoms with van der Waals surface area (Å²) < 4.78 is 14.0. The van der Waals surface area contributed by atoms with Crippen molar-refractivity contribution in [3.05, 3.63) is 41.2 Å². The SMILES string of the molecule is O=C(NC1CCCCCC1)c1csc(N2CCN(c3ccccc3F)CC2)n1. The second-order valence-corrected chi connectivity index (χ2v) is 8.44. The maximum absolute atomic E-state index is 14.0. The molecule has 0 spiro atoms. The van der Waals surface area contributed by atoms with E-state index in [1.54, 1.807) is 6.07 Å². The fourth-order valence-corrected chi connectivity index (χ4v) is 4.90. The summed E-state index contributed by atoms with van der Waals surface area (Å²) in [7, 11) is 0. The molecular formula is C21H27FN4OS. The van der Waals surface area contributed by atoms with Gasteiger partial charge in [0.25, 0.3) is 5.91 Å². The maximum Gasteiger partial charge on any atom is 0.271 e. The molecule has 28 heavy (non-hydrogen) atoms. The molecule has 1 aliphatic carbocycles. The Bertz CT molecular complexity index is 795. The lowest BCUT2D eigenvalue weighted by molar-refractivity contribution is 0.0929. The standard InChI is InChI=1S/C21H27FN4OS/c22-17-9-5-6-10-19(17)25-11-13-26(14-12-25)21-24-18(15-28-21)20(27)23-16-7-3-1-2-4-8-16/h5-6,9-10,15-16H,1-4,7-8,11-14H2,(H,23,27). The van der Waals surface area contributed by atoms with Crippen LogP contribution in [0.15, 0.2) is 29.6 Å². The zero-order chi connectivity index (χ0) is 19.3. The van der Waals surface area contributed by atoms with E-state index in [0.29, 0.717) is 11.4 Å². The summed E-state index contributed by atoms with van der Waals surface area (Å²) >= 11 is 1.51. The monoisotopic (exact) mass is 402 g/mol. The zero-order valence-electron chi connectivity index (χ0n) is 16.1. The van der Waals surface area contributed by atoms with E-state index in [-0.39, 0.29) is 17.8 Å². The highest BCUT2D eigenvalue weighted by molar-refractivity contribution is 7.13. The predicted octanol–water partition coefficient (Wildman–Crippen LogP) is 4.06. The van der Waals surface area contributed by atoms with Gasteiger partial charge in [-0.2, -0.15) is 0 Å². The molecule has 4 rings (SSSR count). The van der Waals surface area contributed by atoms with E-state index in [0.717, 1.165) is 44.2 Å². The quantitative estimate of drug-likeness (QED) is 0.784. The van der Waals surface area contributed by atoms with E-state index in [1.165, 1.54) is 43.1 Å². The third-order valence-electron chi connectivity index (χ3n) is 5.66. The first kappa shape index (κ1) is 19.2. The molecule has 5 nitrogen and oxygen atoms in total. The molecule has 2 aromatic rings. The normalized spacial score (nSPS) is 18.8. The molecule has 0 bridgehead atoms. The van der Waals surface area contributed by atoms with Crippen molar-refractivity contribution in [3.8, 4) is 0 Å². The Labute approximate surface area is 169 Å². The summed E-state index contributed by atoms with van der Waals surface area (Å²) in [6.07, 6.45) is 7.07. The van der Waals surface area contributed by atoms with Crippen molar-refractivity contribution in [1.29, 1.82) is 0 Å². The molecule has 0 atom stereocenters. The highest BCUT2D eigenvalue weighted by Gasteiger charge is 2.23. The number of anilines is 2. The molecule has 2 fully saturated rings. The molecule has 1 aliphatic heterocycles. The summed E-state index contributed by atoms with van der Waals surface area (Å²) in [6.45, 7) is 3.02. The minimum Gasteiger partial charge on any atom is -0.366 e. The lowest BCUT2D eigenvalue weighted by atomic mass is 10.1. The average Bonchev–Trinajstić information content (AvgIpc) is 3.08. The van der Waals surface area contributed by atoms with Gasteiger partial charge in [0.05, 0.1) is 5.69 Å². The summed E-state index contributed by atoms with van der Waals surface area (Å²) in [5.74, 6) is -0.234. The van der Waals surface area contributed by atoms with Crippen LogP contribution >= 0.6 is 11.3 Å². The number of benzene rings is 1. The zero-order valence-corrected chi connectivity index (χ0v) is 16.9. The fraction of sp³-hybridized carbons (Fsp3) is 0.524. The van der Waals surface area contributed by atoms with Crippen LogP contribution in [0, 0.1) is 5.82 Å². The van der Waals surface area contributed by atoms with Crippen molar-refractivity contribution in [2.24, 2.45) is 0 Å². The number of para-hydroxylation sites is 1. The molecule has 0 unspecified atom stereocenters. The van der Waals surface area contributed by atoms with Crippen LogP contribution in [0.5, 0.6) is 0 Å². The molecule has 1 amide bonds. The Balaban J connectivity index is 1.33. The molecule has 150 valence electrons. The smallest absolute Gasteiger partial charge is 0.271 e. The van der Waals surface area contributed by atoms with Crippen LogP contribution in [0.2, 0.25) is 0 Å². The van der Waals surface area contributed by atoms with Gasteiger partial charge in [0.2, 0.25) is 0 Å². The average molecular weight is 403 g/mol. The van der Waals surface area contributed by atoms with Gasteiger partial charge >= 0.3 is 0 Å². The first-order valence-corrected chi connectivity index (χ1v) is 11.1. The van der Waals surface area contributed by atoms with Crippen LogP contribution in [-0.4, -0.2) is 43.1 Å². The van der Waals surface area contributed by atoms with Gasteiger partial charge in [-0.15, -0.1) is 11.3 Å². The Morgan fingerprint density at radius 3 is 2.43 bits per heavy atom. The third kappa shape index (κ3) is 4.46. The van der Waals surface area contributed by atoms with Crippen molar-refractivity contribution in [1.82, 2.24) is 10.3 Å². The van der Waals surface area contributed by atoms with Crippen molar-refractivity contribution in [3.63, 3.8) is 0 Å². The van der Waals surface area contributed by atoms with Crippen molar-refractivity contribution >= 4 is 28.1 Å². The van der Waals surface area contributed by atoms with Crippen LogP contribution in [0.1, 0.15) is 49.0 Å². The largest absolute Gasteiger partial charge is 0.366 e. The lowest BCUT2D eigenvalue weighted by Crippen LogP contribution is -2.46. The second-order valence-electron chi connectivity index (χ2n) is 7.60. The van der Waals surface area contributed by atoms with Gasteiger partial charge in [-0.05, 0) is 25.0 Å². The first-order valence-electron chi connectivity index (χ1n) is 10.2. The van der Waals surface area contributed by atoms with E-state index < -0.39 is 0 Å². The van der Waals surface area contributed by atoms with E-state index in [4.69, 9.17) is 0 Å². The van der Waals surface area contributed by atoms with Gasteiger partial charge in [-0.1, -0.05) is 37.8 Å². The van der Waals surface area contributed by atoms with Crippen LogP contribution < -0.4 is 15.1 Å². The number of amides is 1. The number of hydrogen-bond acceptors (Lipinski definition) is 5. The highest BCUT2D eigenvalue weighted by Crippen LogP contribution is 2.25. The number of carbonyl (C=O) groups is 1. The molecule has 2 heterocycles. The summed E-state index contributed by atoms with van der Waals surface area (Å²) in [5.41, 5.74) is 1.17. The van der Waals surface area contributed by atoms with Crippen molar-refractivity contribution < 1.29 is 9.18 Å². The molecule has 2 aliphatic rings. The topological polar surface area (TPSA) is 48.5 Å².